The van der Waals surface area contributed by atoms with Crippen LogP contribution in [-0.2, 0) is 38.1 Å². The molecule has 0 atom stereocenters. The average Bonchev–Trinajstić information content (AvgIpc) is 3.43. The van der Waals surface area contributed by atoms with Crippen LogP contribution in [0.15, 0.2) is 72.8 Å². The Balaban J connectivity index is 0.000000250. The standard InChI is InChI=1S/C21H25.C9H7.C2H6Si.2ClH.Zr/c1-20(2,3)16-9-7-14-11-15-8-10-17(21(4,5)6)13-19(15)18(14)12-16;1-2-5-9-7-3-6-8(9)4-1;1-3-2;;;/h7,9-10,12-13H,11H2,1-6H3;1-7H;1-2H3;2*1H;/q2*-1;;;;+4/p-2. The third-order valence-corrected chi connectivity index (χ3v) is 6.07. The van der Waals surface area contributed by atoms with Crippen molar-refractivity contribution in [2.45, 2.75) is 71.9 Å². The Morgan fingerprint density at radius 3 is 2.00 bits per heavy atom. The normalized spacial score (nSPS) is 11.5. The zero-order valence-electron chi connectivity index (χ0n) is 22.9. The molecule has 5 rings (SSSR count). The van der Waals surface area contributed by atoms with Crippen LogP contribution in [0.4, 0.5) is 0 Å². The van der Waals surface area contributed by atoms with Gasteiger partial charge in [0.05, 0.1) is 0 Å². The van der Waals surface area contributed by atoms with E-state index in [1.807, 2.05) is 0 Å². The molecule has 0 amide bonds. The maximum absolute atomic E-state index is 4.93. The molecule has 1 aliphatic carbocycles. The fourth-order valence-corrected chi connectivity index (χ4v) is 4.05. The molecule has 0 spiro atoms. The Morgan fingerprint density at radius 1 is 0.833 bits per heavy atom. The summed E-state index contributed by atoms with van der Waals surface area (Å²) in [6.45, 7) is 17.9. The predicted octanol–water partition coefficient (Wildman–Crippen LogP) is 10.4. The van der Waals surface area contributed by atoms with Gasteiger partial charge in [0.15, 0.2) is 0 Å². The van der Waals surface area contributed by atoms with Gasteiger partial charge in [-0.25, -0.2) is 0 Å². The number of halogens is 2. The van der Waals surface area contributed by atoms with E-state index in [-0.39, 0.29) is 10.8 Å². The molecule has 0 heterocycles. The van der Waals surface area contributed by atoms with Crippen LogP contribution in [-0.4, -0.2) is 9.52 Å². The maximum Gasteiger partial charge on any atom is -0.0809 e. The van der Waals surface area contributed by atoms with Crippen molar-refractivity contribution >= 4 is 37.3 Å². The molecule has 0 aromatic heterocycles. The molecule has 0 aliphatic heterocycles. The second-order valence-corrected chi connectivity index (χ2v) is 15.8. The summed E-state index contributed by atoms with van der Waals surface area (Å²) in [5, 5.41) is 2.66. The molecule has 4 aromatic rings. The van der Waals surface area contributed by atoms with E-state index in [1.54, 1.807) is 0 Å². The van der Waals surface area contributed by atoms with Gasteiger partial charge < -0.3 is 0 Å². The Labute approximate surface area is 240 Å². The van der Waals surface area contributed by atoms with E-state index in [2.05, 4.69) is 133 Å². The van der Waals surface area contributed by atoms with Crippen molar-refractivity contribution in [1.82, 2.24) is 0 Å². The van der Waals surface area contributed by atoms with Gasteiger partial charge in [-0.05, 0) is 17.4 Å². The first-order valence-electron chi connectivity index (χ1n) is 12.3. The second-order valence-electron chi connectivity index (χ2n) is 11.1. The summed E-state index contributed by atoms with van der Waals surface area (Å²) in [6, 6.07) is 29.7. The first kappa shape index (κ1) is 31.2. The van der Waals surface area contributed by atoms with Crippen molar-refractivity contribution in [2.75, 3.05) is 0 Å². The fourth-order valence-electron chi connectivity index (χ4n) is 4.05. The Bertz CT molecular complexity index is 1140. The molecular weight excluding hydrogens is 575 g/mol. The van der Waals surface area contributed by atoms with E-state index in [0.29, 0.717) is 0 Å². The van der Waals surface area contributed by atoms with E-state index in [9.17, 15) is 0 Å². The van der Waals surface area contributed by atoms with Crippen molar-refractivity contribution in [3.63, 3.8) is 0 Å². The molecule has 0 nitrogen and oxygen atoms in total. The summed E-state index contributed by atoms with van der Waals surface area (Å²) in [6.07, 6.45) is 1.03. The first-order valence-corrected chi connectivity index (χ1v) is 20.6. The largest absolute Gasteiger partial charge is 0.168 e. The summed E-state index contributed by atoms with van der Waals surface area (Å²) in [5.41, 5.74) is 8.76. The summed E-state index contributed by atoms with van der Waals surface area (Å²) in [4.78, 5) is 0. The van der Waals surface area contributed by atoms with Gasteiger partial charge in [-0.1, -0.05) is 95.4 Å². The van der Waals surface area contributed by atoms with Crippen LogP contribution in [0.1, 0.15) is 63.8 Å². The van der Waals surface area contributed by atoms with Crippen LogP contribution in [0.2, 0.25) is 13.1 Å². The van der Waals surface area contributed by atoms with Crippen molar-refractivity contribution in [1.29, 1.82) is 0 Å². The van der Waals surface area contributed by atoms with E-state index in [1.165, 1.54) is 44.2 Å². The van der Waals surface area contributed by atoms with Crippen LogP contribution in [0.25, 0.3) is 21.9 Å². The SMILES string of the molecule is CC(C)(C)c1c[c-]c2c(c1)-c1cc(C(C)(C)C)ccc1C2.C[Si]C.[Cl][Zr+2][Cl].c1ccc2[cH-]ccc2c1. The third-order valence-electron chi connectivity index (χ3n) is 6.07. The molecule has 1 aliphatic rings. The Morgan fingerprint density at radius 2 is 1.42 bits per heavy atom. The zero-order chi connectivity index (χ0) is 26.9. The minimum absolute atomic E-state index is 0.177. The van der Waals surface area contributed by atoms with Crippen LogP contribution in [0.3, 0.4) is 0 Å². The monoisotopic (exact) mass is 610 g/mol. The van der Waals surface area contributed by atoms with Gasteiger partial charge >= 0.3 is 37.9 Å². The number of rotatable bonds is 0. The van der Waals surface area contributed by atoms with Gasteiger partial charge in [-0.15, -0.1) is 35.2 Å². The van der Waals surface area contributed by atoms with Gasteiger partial charge in [0.2, 0.25) is 0 Å². The molecule has 0 saturated carbocycles. The number of fused-ring (bicyclic) bond motifs is 4. The molecule has 0 bridgehead atoms. The van der Waals surface area contributed by atoms with E-state index >= 15 is 0 Å². The predicted molar refractivity (Wildman–Crippen MR) is 160 cm³/mol. The van der Waals surface area contributed by atoms with Gasteiger partial charge in [0.1, 0.15) is 0 Å². The van der Waals surface area contributed by atoms with Gasteiger partial charge in [0.25, 0.3) is 0 Å². The third kappa shape index (κ3) is 8.76. The number of hydrogen-bond acceptors (Lipinski definition) is 0. The minimum Gasteiger partial charge on any atom is -0.168 e. The van der Waals surface area contributed by atoms with Crippen molar-refractivity contribution in [3.8, 4) is 11.1 Å². The summed E-state index contributed by atoms with van der Waals surface area (Å²) in [5.74, 6) is 0. The average molecular weight is 613 g/mol. The molecule has 36 heavy (non-hydrogen) atoms. The van der Waals surface area contributed by atoms with Gasteiger partial charge in [0, 0.05) is 9.52 Å². The van der Waals surface area contributed by atoms with E-state index < -0.39 is 20.8 Å². The molecule has 0 unspecified atom stereocenters. The van der Waals surface area contributed by atoms with E-state index in [4.69, 9.17) is 17.0 Å². The van der Waals surface area contributed by atoms with Gasteiger partial charge in [-0.2, -0.15) is 46.8 Å². The molecular formula is C32H38Cl2SiZr. The van der Waals surface area contributed by atoms with Crippen LogP contribution in [0.5, 0.6) is 0 Å². The smallest absolute Gasteiger partial charge is 0.0809 e. The van der Waals surface area contributed by atoms with Crippen LogP contribution in [0, 0.1) is 6.07 Å². The molecule has 0 fully saturated rings. The fraction of sp³-hybridized carbons (Fsp3) is 0.344. The van der Waals surface area contributed by atoms with Gasteiger partial charge in [-0.3, -0.25) is 0 Å². The minimum atomic E-state index is -0.826. The number of hydrogen-bond donors (Lipinski definition) is 0. The molecule has 2 radical (unpaired) electrons. The first-order chi connectivity index (χ1) is 17.0. The Kier molecular flexibility index (Phi) is 12.3. The van der Waals surface area contributed by atoms with E-state index in [0.717, 1.165) is 15.9 Å². The van der Waals surface area contributed by atoms with Crippen LogP contribution >= 0.6 is 17.0 Å². The second kappa shape index (κ2) is 14.2. The summed E-state index contributed by atoms with van der Waals surface area (Å²) in [7, 11) is 11.0. The van der Waals surface area contributed by atoms with Crippen molar-refractivity contribution in [2.24, 2.45) is 0 Å². The maximum atomic E-state index is 4.93. The van der Waals surface area contributed by atoms with Crippen molar-refractivity contribution < 1.29 is 20.8 Å². The topological polar surface area (TPSA) is 0 Å². The van der Waals surface area contributed by atoms with Crippen LogP contribution < -0.4 is 0 Å². The molecule has 0 saturated heterocycles. The Hall–Kier alpha value is -1.05. The molecule has 0 N–H and O–H groups in total. The molecule has 188 valence electrons. The number of benzene rings is 3. The summed E-state index contributed by atoms with van der Waals surface area (Å²) < 4.78 is 0. The quantitative estimate of drug-likeness (QED) is 0.121. The summed E-state index contributed by atoms with van der Waals surface area (Å²) >= 11 is -0.826. The molecule has 4 aromatic carbocycles. The molecule has 4 heteroatoms. The zero-order valence-corrected chi connectivity index (χ0v) is 27.9. The van der Waals surface area contributed by atoms with Crippen molar-refractivity contribution in [3.05, 3.63) is 101 Å².